The molecule has 0 spiro atoms. The van der Waals surface area contributed by atoms with Crippen molar-refractivity contribution >= 4 is 0 Å². The summed E-state index contributed by atoms with van der Waals surface area (Å²) in [4.78, 5) is 0. The second-order valence-electron chi connectivity index (χ2n) is 6.60. The van der Waals surface area contributed by atoms with Gasteiger partial charge in [-0.3, -0.25) is 0 Å². The van der Waals surface area contributed by atoms with Crippen molar-refractivity contribution in [1.29, 1.82) is 0 Å². The third-order valence-electron chi connectivity index (χ3n) is 3.60. The Hall–Kier alpha value is -0.970. The van der Waals surface area contributed by atoms with Crippen LogP contribution in [0.3, 0.4) is 0 Å². The average Bonchev–Trinajstić information content (AvgIpc) is 2.42. The van der Waals surface area contributed by atoms with Gasteiger partial charge in [-0.2, -0.15) is 0 Å². The number of rotatable bonds is 8. The molecule has 0 bridgehead atoms. The van der Waals surface area contributed by atoms with Crippen LogP contribution in [0.5, 0.6) is 0 Å². The lowest BCUT2D eigenvalue weighted by Crippen LogP contribution is -2.42. The zero-order chi connectivity index (χ0) is 15.9. The van der Waals surface area contributed by atoms with Crippen LogP contribution in [0.4, 0.5) is 4.39 Å². The number of nitrogens with one attached hydrogen (secondary N) is 1. The van der Waals surface area contributed by atoms with E-state index in [9.17, 15) is 4.39 Å². The predicted molar refractivity (Wildman–Crippen MR) is 85.7 cm³/mol. The molecular formula is C17H29FN2O. The Morgan fingerprint density at radius 1 is 1.24 bits per heavy atom. The number of ether oxygens (including phenoxy) is 1. The van der Waals surface area contributed by atoms with E-state index in [-0.39, 0.29) is 23.3 Å². The van der Waals surface area contributed by atoms with Crippen molar-refractivity contribution in [1.82, 2.24) is 5.32 Å². The average molecular weight is 296 g/mol. The molecule has 0 heterocycles. The molecule has 0 aliphatic rings. The first-order valence-corrected chi connectivity index (χ1v) is 7.59. The van der Waals surface area contributed by atoms with E-state index in [2.05, 4.69) is 26.1 Å². The van der Waals surface area contributed by atoms with E-state index >= 15 is 0 Å². The fourth-order valence-electron chi connectivity index (χ4n) is 2.52. The highest BCUT2D eigenvalue weighted by Crippen LogP contribution is 2.33. The van der Waals surface area contributed by atoms with E-state index in [0.29, 0.717) is 13.2 Å². The minimum absolute atomic E-state index is 0.0204. The van der Waals surface area contributed by atoms with Crippen LogP contribution in [0.15, 0.2) is 24.3 Å². The van der Waals surface area contributed by atoms with Gasteiger partial charge in [-0.15, -0.1) is 0 Å². The summed E-state index contributed by atoms with van der Waals surface area (Å²) in [7, 11) is 1.71. The highest BCUT2D eigenvalue weighted by atomic mass is 19.1. The third kappa shape index (κ3) is 6.12. The van der Waals surface area contributed by atoms with Gasteiger partial charge in [0.15, 0.2) is 0 Å². The molecule has 4 heteroatoms. The first-order chi connectivity index (χ1) is 9.88. The fourth-order valence-corrected chi connectivity index (χ4v) is 2.52. The van der Waals surface area contributed by atoms with Crippen molar-refractivity contribution in [3.63, 3.8) is 0 Å². The summed E-state index contributed by atoms with van der Waals surface area (Å²) in [5.41, 5.74) is 6.72. The van der Waals surface area contributed by atoms with Crippen molar-refractivity contribution in [3.05, 3.63) is 35.6 Å². The highest BCUT2D eigenvalue weighted by Gasteiger charge is 2.28. The lowest BCUT2D eigenvalue weighted by Gasteiger charge is -2.35. The molecule has 1 rings (SSSR count). The molecular weight excluding hydrogens is 267 g/mol. The summed E-state index contributed by atoms with van der Waals surface area (Å²) >= 11 is 0. The summed E-state index contributed by atoms with van der Waals surface area (Å²) < 4.78 is 18.4. The minimum Gasteiger partial charge on any atom is -0.383 e. The maximum absolute atomic E-state index is 13.1. The number of benzene rings is 1. The Balaban J connectivity index is 2.88. The first kappa shape index (κ1) is 18.1. The van der Waals surface area contributed by atoms with E-state index in [4.69, 9.17) is 10.5 Å². The Bertz CT molecular complexity index is 400. The second-order valence-corrected chi connectivity index (χ2v) is 6.60. The van der Waals surface area contributed by atoms with Gasteiger partial charge in [-0.1, -0.05) is 32.9 Å². The number of methoxy groups -OCH3 is 1. The molecule has 0 fully saturated rings. The van der Waals surface area contributed by atoms with Crippen molar-refractivity contribution in [2.45, 2.75) is 45.7 Å². The van der Waals surface area contributed by atoms with Crippen LogP contribution in [0, 0.1) is 11.2 Å². The normalized spacial score (nSPS) is 15.0. The third-order valence-corrected chi connectivity index (χ3v) is 3.60. The Kier molecular flexibility index (Phi) is 7.29. The van der Waals surface area contributed by atoms with E-state index in [1.54, 1.807) is 7.11 Å². The molecule has 0 aliphatic carbocycles. The SMILES string of the molecule is COCC(CCCN)NC(c1ccc(F)cc1)C(C)(C)C. The lowest BCUT2D eigenvalue weighted by atomic mass is 9.81. The van der Waals surface area contributed by atoms with Gasteiger partial charge in [-0.05, 0) is 42.5 Å². The minimum atomic E-state index is -0.206. The van der Waals surface area contributed by atoms with Gasteiger partial charge in [0.05, 0.1) is 6.61 Å². The van der Waals surface area contributed by atoms with Crippen molar-refractivity contribution in [3.8, 4) is 0 Å². The van der Waals surface area contributed by atoms with Crippen LogP contribution in [-0.4, -0.2) is 26.3 Å². The summed E-state index contributed by atoms with van der Waals surface area (Å²) in [5.74, 6) is -0.206. The molecule has 0 saturated heterocycles. The largest absolute Gasteiger partial charge is 0.383 e. The molecule has 0 aromatic heterocycles. The van der Waals surface area contributed by atoms with Crippen LogP contribution in [-0.2, 0) is 4.74 Å². The molecule has 21 heavy (non-hydrogen) atoms. The molecule has 3 N–H and O–H groups in total. The molecule has 0 saturated carbocycles. The maximum atomic E-state index is 13.1. The molecule has 1 aromatic carbocycles. The van der Waals surface area contributed by atoms with Crippen LogP contribution in [0.25, 0.3) is 0 Å². The van der Waals surface area contributed by atoms with Crippen molar-refractivity contribution in [2.24, 2.45) is 11.1 Å². The van der Waals surface area contributed by atoms with Crippen LogP contribution >= 0.6 is 0 Å². The zero-order valence-electron chi connectivity index (χ0n) is 13.7. The van der Waals surface area contributed by atoms with Gasteiger partial charge < -0.3 is 15.8 Å². The molecule has 0 radical (unpaired) electrons. The summed E-state index contributed by atoms with van der Waals surface area (Å²) in [6.07, 6.45) is 1.93. The van der Waals surface area contributed by atoms with E-state index in [1.807, 2.05) is 12.1 Å². The van der Waals surface area contributed by atoms with Gasteiger partial charge in [0.25, 0.3) is 0 Å². The maximum Gasteiger partial charge on any atom is 0.123 e. The summed E-state index contributed by atoms with van der Waals surface area (Å²) in [6.45, 7) is 7.87. The van der Waals surface area contributed by atoms with Crippen LogP contribution in [0.2, 0.25) is 0 Å². The highest BCUT2D eigenvalue weighted by molar-refractivity contribution is 5.22. The standard InChI is InChI=1S/C17H29FN2O/c1-17(2,3)16(13-7-9-14(18)10-8-13)20-15(12-21-4)6-5-11-19/h7-10,15-16,20H,5-6,11-12,19H2,1-4H3. The van der Waals surface area contributed by atoms with Crippen molar-refractivity contribution < 1.29 is 9.13 Å². The number of halogens is 1. The Morgan fingerprint density at radius 3 is 2.33 bits per heavy atom. The molecule has 120 valence electrons. The van der Waals surface area contributed by atoms with E-state index < -0.39 is 0 Å². The Labute approximate surface area is 128 Å². The van der Waals surface area contributed by atoms with Gasteiger partial charge in [0, 0.05) is 19.2 Å². The molecule has 0 amide bonds. The molecule has 0 aliphatic heterocycles. The molecule has 2 unspecified atom stereocenters. The van der Waals surface area contributed by atoms with Gasteiger partial charge in [0.1, 0.15) is 5.82 Å². The quantitative estimate of drug-likeness (QED) is 0.774. The monoisotopic (exact) mass is 296 g/mol. The predicted octanol–water partition coefficient (Wildman–Crippen LogP) is 3.26. The second kappa shape index (κ2) is 8.47. The zero-order valence-corrected chi connectivity index (χ0v) is 13.7. The lowest BCUT2D eigenvalue weighted by molar-refractivity contribution is 0.138. The number of hydrogen-bond donors (Lipinski definition) is 2. The summed E-state index contributed by atoms with van der Waals surface area (Å²) in [6, 6.07) is 7.11. The smallest absolute Gasteiger partial charge is 0.123 e. The fraction of sp³-hybridized carbons (Fsp3) is 0.647. The van der Waals surface area contributed by atoms with Crippen LogP contribution < -0.4 is 11.1 Å². The van der Waals surface area contributed by atoms with Crippen molar-refractivity contribution in [2.75, 3.05) is 20.3 Å². The molecule has 3 nitrogen and oxygen atoms in total. The molecule has 1 aromatic rings. The van der Waals surface area contributed by atoms with E-state index in [1.165, 1.54) is 12.1 Å². The van der Waals surface area contributed by atoms with Crippen LogP contribution in [0.1, 0.15) is 45.2 Å². The topological polar surface area (TPSA) is 47.3 Å². The first-order valence-electron chi connectivity index (χ1n) is 7.59. The summed E-state index contributed by atoms with van der Waals surface area (Å²) in [5, 5.41) is 3.66. The van der Waals surface area contributed by atoms with Gasteiger partial charge >= 0.3 is 0 Å². The van der Waals surface area contributed by atoms with Gasteiger partial charge in [-0.25, -0.2) is 4.39 Å². The number of nitrogens with two attached hydrogens (primary N) is 1. The van der Waals surface area contributed by atoms with E-state index in [0.717, 1.165) is 18.4 Å². The molecule has 2 atom stereocenters. The Morgan fingerprint density at radius 2 is 1.86 bits per heavy atom. The number of hydrogen-bond acceptors (Lipinski definition) is 3. The van der Waals surface area contributed by atoms with Gasteiger partial charge in [0.2, 0.25) is 0 Å².